The number of fused-ring (bicyclic) bond motifs is 1. The number of thioether (sulfide) groups is 2. The Bertz CT molecular complexity index is 729. The van der Waals surface area contributed by atoms with E-state index in [0.29, 0.717) is 18.1 Å². The Morgan fingerprint density at radius 3 is 2.85 bits per heavy atom. The van der Waals surface area contributed by atoms with Gasteiger partial charge in [-0.25, -0.2) is 4.79 Å². The molecule has 0 saturated carbocycles. The van der Waals surface area contributed by atoms with E-state index in [-0.39, 0.29) is 23.9 Å². The van der Waals surface area contributed by atoms with Gasteiger partial charge in [-0.1, -0.05) is 23.1 Å². The van der Waals surface area contributed by atoms with Crippen molar-refractivity contribution in [2.45, 2.75) is 29.6 Å². The van der Waals surface area contributed by atoms with E-state index >= 15 is 0 Å². The van der Waals surface area contributed by atoms with Gasteiger partial charge in [-0.05, 0) is 13.8 Å². The Kier molecular flexibility index (Phi) is 5.63. The number of carbonyl (C=O) groups is 3. The minimum Gasteiger partial charge on any atom is -0.481 e. The van der Waals surface area contributed by atoms with Crippen molar-refractivity contribution >= 4 is 52.8 Å². The second-order valence-electron chi connectivity index (χ2n) is 6.11. The van der Waals surface area contributed by atoms with Gasteiger partial charge in [-0.15, -0.1) is 22.0 Å². The number of carboxylic acids is 1. The normalized spacial score (nSPS) is 27.5. The zero-order chi connectivity index (χ0) is 18.9. The van der Waals surface area contributed by atoms with Crippen LogP contribution in [0.1, 0.15) is 11.9 Å². The first-order valence-corrected chi connectivity index (χ1v) is 10.8. The molecule has 0 radical (unpaired) electrons. The van der Waals surface area contributed by atoms with Crippen LogP contribution in [-0.4, -0.2) is 74.1 Å². The number of aromatic nitrogens is 2. The fourth-order valence-corrected chi connectivity index (χ4v) is 6.47. The van der Waals surface area contributed by atoms with Gasteiger partial charge in [-0.3, -0.25) is 9.59 Å². The topological polar surface area (TPSA) is 125 Å². The number of nitrogens with one attached hydrogen (secondary N) is 2. The molecule has 0 aromatic carbocycles. The number of aryl methyl sites for hydroxylation is 1. The molecule has 3 N–H and O–H groups in total. The molecule has 9 nitrogen and oxygen atoms in total. The lowest BCUT2D eigenvalue weighted by molar-refractivity contribution is -0.156. The summed E-state index contributed by atoms with van der Waals surface area (Å²) in [6.07, 6.45) is 0. The Balaban J connectivity index is 1.64. The molecular weight excluding hydrogens is 398 g/mol. The van der Waals surface area contributed by atoms with Crippen LogP contribution in [0, 0.1) is 12.3 Å². The number of β-lactam (4-membered cyclic amide) rings is 1. The van der Waals surface area contributed by atoms with Crippen LogP contribution < -0.4 is 10.6 Å². The maximum absolute atomic E-state index is 12.4. The van der Waals surface area contributed by atoms with Crippen molar-refractivity contribution in [3.05, 3.63) is 5.01 Å². The van der Waals surface area contributed by atoms with Crippen molar-refractivity contribution in [3.8, 4) is 0 Å². The third kappa shape index (κ3) is 3.62. The molecule has 1 aromatic heterocycles. The first-order chi connectivity index (χ1) is 12.4. The minimum atomic E-state index is -1.04. The summed E-state index contributed by atoms with van der Waals surface area (Å²) in [7, 11) is 0. The molecule has 142 valence electrons. The summed E-state index contributed by atoms with van der Waals surface area (Å²) in [4.78, 5) is 37.5. The predicted molar refractivity (Wildman–Crippen MR) is 99.4 cm³/mol. The van der Waals surface area contributed by atoms with Crippen molar-refractivity contribution in [2.75, 3.05) is 24.6 Å². The molecule has 3 heterocycles. The Morgan fingerprint density at radius 1 is 1.46 bits per heavy atom. The molecule has 1 aromatic rings. The van der Waals surface area contributed by atoms with Crippen LogP contribution in [0.4, 0.5) is 4.79 Å². The van der Waals surface area contributed by atoms with Crippen molar-refractivity contribution in [3.63, 3.8) is 0 Å². The largest absolute Gasteiger partial charge is 0.481 e. The summed E-state index contributed by atoms with van der Waals surface area (Å²) < 4.78 is 0.723. The number of aliphatic carboxylic acids is 1. The number of amides is 3. The van der Waals surface area contributed by atoms with Crippen molar-refractivity contribution in [1.29, 1.82) is 0 Å². The van der Waals surface area contributed by atoms with E-state index in [2.05, 4.69) is 20.8 Å². The monoisotopic (exact) mass is 417 g/mol. The van der Waals surface area contributed by atoms with Crippen LogP contribution in [0.5, 0.6) is 0 Å². The lowest BCUT2D eigenvalue weighted by atomic mass is 9.89. The van der Waals surface area contributed by atoms with Gasteiger partial charge in [-0.2, -0.15) is 0 Å². The van der Waals surface area contributed by atoms with E-state index < -0.39 is 17.4 Å². The van der Waals surface area contributed by atoms with Gasteiger partial charge in [0.05, 0.1) is 0 Å². The molecule has 3 rings (SSSR count). The van der Waals surface area contributed by atoms with E-state index in [4.69, 9.17) is 0 Å². The molecule has 2 saturated heterocycles. The van der Waals surface area contributed by atoms with Crippen LogP contribution in [0.2, 0.25) is 0 Å². The minimum absolute atomic E-state index is 0.136. The zero-order valence-corrected chi connectivity index (χ0v) is 16.7. The molecule has 2 aliphatic rings. The lowest BCUT2D eigenvalue weighted by Gasteiger charge is -2.53. The van der Waals surface area contributed by atoms with Crippen molar-refractivity contribution in [2.24, 2.45) is 5.41 Å². The zero-order valence-electron chi connectivity index (χ0n) is 14.2. The molecule has 0 spiro atoms. The van der Waals surface area contributed by atoms with Crippen LogP contribution in [0.15, 0.2) is 4.34 Å². The highest BCUT2D eigenvalue weighted by molar-refractivity contribution is 8.01. The predicted octanol–water partition coefficient (Wildman–Crippen LogP) is 0.612. The highest BCUT2D eigenvalue weighted by Gasteiger charge is 2.57. The Labute approximate surface area is 162 Å². The Hall–Kier alpha value is -1.53. The molecule has 2 fully saturated rings. The molecule has 26 heavy (non-hydrogen) atoms. The smallest absolute Gasteiger partial charge is 0.315 e. The van der Waals surface area contributed by atoms with Crippen LogP contribution in [-0.2, 0) is 9.59 Å². The van der Waals surface area contributed by atoms with E-state index in [1.165, 1.54) is 34.9 Å². The van der Waals surface area contributed by atoms with E-state index in [1.54, 1.807) is 11.8 Å². The summed E-state index contributed by atoms with van der Waals surface area (Å²) in [5, 5.41) is 23.6. The van der Waals surface area contributed by atoms with Crippen LogP contribution >= 0.6 is 34.9 Å². The van der Waals surface area contributed by atoms with Gasteiger partial charge in [0, 0.05) is 24.6 Å². The number of nitrogens with zero attached hydrogens (tertiary/aromatic N) is 3. The van der Waals surface area contributed by atoms with Crippen molar-refractivity contribution in [1.82, 2.24) is 25.7 Å². The number of hydrogen-bond donors (Lipinski definition) is 3. The fraction of sp³-hybridized carbons (Fsp3) is 0.643. The van der Waals surface area contributed by atoms with Gasteiger partial charge in [0.15, 0.2) is 4.34 Å². The van der Waals surface area contributed by atoms with Crippen molar-refractivity contribution < 1.29 is 19.5 Å². The maximum Gasteiger partial charge on any atom is 0.315 e. The summed E-state index contributed by atoms with van der Waals surface area (Å²) in [6.45, 7) is 4.24. The SMILES string of the molecule is CCNC(=O)NC1C(=O)N2CC(CSc3nnc(C)s3)(C(=O)O)CS[C@H]12. The quantitative estimate of drug-likeness (QED) is 0.454. The third-order valence-electron chi connectivity index (χ3n) is 4.20. The highest BCUT2D eigenvalue weighted by Crippen LogP contribution is 2.44. The second kappa shape index (κ2) is 7.61. The van der Waals surface area contributed by atoms with E-state index in [0.717, 1.165) is 9.35 Å². The van der Waals surface area contributed by atoms with Gasteiger partial charge in [0.2, 0.25) is 5.91 Å². The molecule has 2 unspecified atom stereocenters. The molecule has 0 bridgehead atoms. The molecule has 3 atom stereocenters. The average Bonchev–Trinajstić information content (AvgIpc) is 3.03. The fourth-order valence-electron chi connectivity index (χ4n) is 2.80. The van der Waals surface area contributed by atoms with Crippen LogP contribution in [0.25, 0.3) is 0 Å². The standard InChI is InChI=1S/C14H19N5O4S3/c1-3-15-12(23)16-8-9(20)19-4-14(11(21)22,5-24-10(8)19)6-25-13-18-17-7(2)26-13/h8,10H,3-6H2,1-2H3,(H,21,22)(H2,15,16,23)/t8?,10-,14?/m1/s1. The lowest BCUT2D eigenvalue weighted by Crippen LogP contribution is -2.74. The van der Waals surface area contributed by atoms with E-state index in [1.807, 2.05) is 6.92 Å². The summed E-state index contributed by atoms with van der Waals surface area (Å²) in [5.41, 5.74) is -1.04. The first-order valence-electron chi connectivity index (χ1n) is 7.99. The van der Waals surface area contributed by atoms with Crippen LogP contribution in [0.3, 0.4) is 0 Å². The average molecular weight is 418 g/mol. The number of rotatable bonds is 6. The summed E-state index contributed by atoms with van der Waals surface area (Å²) >= 11 is 4.17. The number of carbonyl (C=O) groups excluding carboxylic acids is 2. The molecule has 12 heteroatoms. The molecular formula is C14H19N5O4S3. The molecule has 2 aliphatic heterocycles. The highest BCUT2D eigenvalue weighted by atomic mass is 32.2. The second-order valence-corrected chi connectivity index (χ2v) is 9.62. The summed E-state index contributed by atoms with van der Waals surface area (Å²) in [6, 6.07) is -0.986. The van der Waals surface area contributed by atoms with Gasteiger partial charge in [0.25, 0.3) is 0 Å². The molecule has 3 amide bonds. The number of carboxylic acid groups (broad SMARTS) is 1. The summed E-state index contributed by atoms with van der Waals surface area (Å²) in [5.74, 6) is -0.481. The first kappa shape index (κ1) is 19.2. The Morgan fingerprint density at radius 2 is 2.23 bits per heavy atom. The van der Waals surface area contributed by atoms with Gasteiger partial charge < -0.3 is 20.6 Å². The third-order valence-corrected chi connectivity index (χ3v) is 8.05. The molecule has 0 aliphatic carbocycles. The maximum atomic E-state index is 12.4. The van der Waals surface area contributed by atoms with Gasteiger partial charge in [0.1, 0.15) is 21.8 Å². The number of hydrogen-bond acceptors (Lipinski definition) is 8. The number of urea groups is 1. The van der Waals surface area contributed by atoms with Gasteiger partial charge >= 0.3 is 12.0 Å². The van der Waals surface area contributed by atoms with E-state index in [9.17, 15) is 19.5 Å².